The molecule has 0 aromatic carbocycles. The van der Waals surface area contributed by atoms with E-state index in [0.717, 1.165) is 6.42 Å². The zero-order valence-corrected chi connectivity index (χ0v) is 12.9. The third kappa shape index (κ3) is 6.71. The minimum atomic E-state index is -0.582. The lowest BCUT2D eigenvalue weighted by Crippen LogP contribution is -2.47. The average molecular weight is 288 g/mol. The quantitative estimate of drug-likeness (QED) is 0.829. The van der Waals surface area contributed by atoms with E-state index in [9.17, 15) is 9.59 Å². The summed E-state index contributed by atoms with van der Waals surface area (Å²) < 4.78 is 5.10. The Hall–Kier alpha value is -0.910. The molecule has 2 N–H and O–H groups in total. The maximum absolute atomic E-state index is 11.8. The number of carbonyl (C=O) groups excluding carboxylic acids is 2. The first kappa shape index (κ1) is 16.1. The van der Waals surface area contributed by atoms with Crippen LogP contribution in [0.3, 0.4) is 0 Å². The number of rotatable bonds is 4. The molecule has 2 atom stereocenters. The van der Waals surface area contributed by atoms with Crippen LogP contribution in [-0.4, -0.2) is 41.2 Å². The molecule has 1 fully saturated rings. The normalized spacial score (nSPS) is 20.7. The third-order valence-corrected chi connectivity index (χ3v) is 4.05. The first-order chi connectivity index (χ1) is 8.78. The summed E-state index contributed by atoms with van der Waals surface area (Å²) in [6.07, 6.45) is 1.81. The number of carbonyl (C=O) groups is 2. The minimum absolute atomic E-state index is 0.168. The number of ether oxygens (including phenoxy) is 1. The lowest BCUT2D eigenvalue weighted by molar-refractivity contribution is -0.122. The standard InChI is InChI=1S/C13H24N2O3S/c1-9(15-12(17)18-13(2,3)4)11(16)14-8-10-6-5-7-19-10/h9-10H,5-8H2,1-4H3,(H,14,16)(H,15,17). The van der Waals surface area contributed by atoms with Gasteiger partial charge in [-0.3, -0.25) is 4.79 Å². The molecule has 0 aromatic heterocycles. The summed E-state index contributed by atoms with van der Waals surface area (Å²) in [7, 11) is 0. The van der Waals surface area contributed by atoms with Crippen molar-refractivity contribution in [3.8, 4) is 0 Å². The second-order valence-corrected chi connectivity index (χ2v) is 7.16. The average Bonchev–Trinajstić information content (AvgIpc) is 2.75. The van der Waals surface area contributed by atoms with Gasteiger partial charge in [0.1, 0.15) is 11.6 Å². The van der Waals surface area contributed by atoms with Gasteiger partial charge in [-0.1, -0.05) is 0 Å². The van der Waals surface area contributed by atoms with Crippen LogP contribution in [0.1, 0.15) is 40.5 Å². The fourth-order valence-electron chi connectivity index (χ4n) is 1.72. The lowest BCUT2D eigenvalue weighted by atomic mass is 10.2. The zero-order valence-electron chi connectivity index (χ0n) is 12.1. The molecule has 6 heteroatoms. The van der Waals surface area contributed by atoms with Gasteiger partial charge in [0.15, 0.2) is 0 Å². The Balaban J connectivity index is 2.25. The van der Waals surface area contributed by atoms with Crippen molar-refractivity contribution in [3.05, 3.63) is 0 Å². The van der Waals surface area contributed by atoms with Gasteiger partial charge in [-0.2, -0.15) is 11.8 Å². The Labute approximate surface area is 119 Å². The second kappa shape index (κ2) is 7.03. The predicted octanol–water partition coefficient (Wildman–Crippen LogP) is 1.91. The zero-order chi connectivity index (χ0) is 14.5. The van der Waals surface area contributed by atoms with E-state index >= 15 is 0 Å². The Bertz CT molecular complexity index is 322. The largest absolute Gasteiger partial charge is 0.444 e. The SMILES string of the molecule is CC(NC(=O)OC(C)(C)C)C(=O)NCC1CCCS1. The maximum Gasteiger partial charge on any atom is 0.408 e. The molecule has 0 radical (unpaired) electrons. The Morgan fingerprint density at radius 3 is 2.63 bits per heavy atom. The van der Waals surface area contributed by atoms with Gasteiger partial charge < -0.3 is 15.4 Å². The molecule has 19 heavy (non-hydrogen) atoms. The molecule has 0 spiro atoms. The van der Waals surface area contributed by atoms with Crippen LogP contribution in [0.25, 0.3) is 0 Å². The Morgan fingerprint density at radius 2 is 2.11 bits per heavy atom. The number of hydrogen-bond donors (Lipinski definition) is 2. The van der Waals surface area contributed by atoms with Crippen molar-refractivity contribution in [2.45, 2.75) is 57.4 Å². The van der Waals surface area contributed by atoms with Crippen LogP contribution in [0.2, 0.25) is 0 Å². The summed E-state index contributed by atoms with van der Waals surface area (Å²) in [5.41, 5.74) is -0.555. The molecule has 2 amide bonds. The molecule has 0 aliphatic carbocycles. The van der Waals surface area contributed by atoms with Gasteiger partial charge in [0, 0.05) is 11.8 Å². The fourth-order valence-corrected chi connectivity index (χ4v) is 2.92. The van der Waals surface area contributed by atoms with E-state index in [1.807, 2.05) is 11.8 Å². The molecule has 0 bridgehead atoms. The van der Waals surface area contributed by atoms with Crippen LogP contribution in [0, 0.1) is 0 Å². The van der Waals surface area contributed by atoms with Crippen molar-refractivity contribution in [3.63, 3.8) is 0 Å². The fraction of sp³-hybridized carbons (Fsp3) is 0.846. The van der Waals surface area contributed by atoms with E-state index in [0.29, 0.717) is 11.8 Å². The van der Waals surface area contributed by atoms with Gasteiger partial charge in [0.25, 0.3) is 0 Å². The molecule has 110 valence electrons. The second-order valence-electron chi connectivity index (χ2n) is 5.75. The van der Waals surface area contributed by atoms with E-state index in [1.165, 1.54) is 12.2 Å². The minimum Gasteiger partial charge on any atom is -0.444 e. The van der Waals surface area contributed by atoms with Crippen LogP contribution >= 0.6 is 11.8 Å². The van der Waals surface area contributed by atoms with Gasteiger partial charge in [-0.25, -0.2) is 4.79 Å². The summed E-state index contributed by atoms with van der Waals surface area (Å²) in [5, 5.41) is 5.91. The maximum atomic E-state index is 11.8. The van der Waals surface area contributed by atoms with Crippen molar-refractivity contribution in [2.75, 3.05) is 12.3 Å². The highest BCUT2D eigenvalue weighted by Gasteiger charge is 2.22. The highest BCUT2D eigenvalue weighted by molar-refractivity contribution is 8.00. The van der Waals surface area contributed by atoms with Crippen LogP contribution in [0.5, 0.6) is 0 Å². The van der Waals surface area contributed by atoms with Crippen LogP contribution < -0.4 is 10.6 Å². The molecule has 2 unspecified atom stereocenters. The molecule has 1 aliphatic rings. The molecular formula is C13H24N2O3S. The van der Waals surface area contributed by atoms with Crippen LogP contribution in [0.4, 0.5) is 4.79 Å². The summed E-state index contributed by atoms with van der Waals surface area (Å²) in [6, 6.07) is -0.582. The molecule has 1 saturated heterocycles. The highest BCUT2D eigenvalue weighted by Crippen LogP contribution is 2.25. The number of nitrogens with one attached hydrogen (secondary N) is 2. The molecule has 0 saturated carbocycles. The van der Waals surface area contributed by atoms with Crippen molar-refractivity contribution in [1.82, 2.24) is 10.6 Å². The topological polar surface area (TPSA) is 67.4 Å². The van der Waals surface area contributed by atoms with E-state index in [4.69, 9.17) is 4.74 Å². The molecule has 1 aliphatic heterocycles. The summed E-state index contributed by atoms with van der Waals surface area (Å²) in [4.78, 5) is 23.3. The van der Waals surface area contributed by atoms with E-state index < -0.39 is 17.7 Å². The Morgan fingerprint density at radius 1 is 1.42 bits per heavy atom. The van der Waals surface area contributed by atoms with Gasteiger partial charge in [-0.15, -0.1) is 0 Å². The highest BCUT2D eigenvalue weighted by atomic mass is 32.2. The molecule has 1 rings (SSSR count). The van der Waals surface area contributed by atoms with Crippen LogP contribution in [-0.2, 0) is 9.53 Å². The van der Waals surface area contributed by atoms with Crippen molar-refractivity contribution in [1.29, 1.82) is 0 Å². The Kier molecular flexibility index (Phi) is 5.97. The van der Waals surface area contributed by atoms with Crippen molar-refractivity contribution in [2.24, 2.45) is 0 Å². The van der Waals surface area contributed by atoms with E-state index in [2.05, 4.69) is 10.6 Å². The van der Waals surface area contributed by atoms with Crippen molar-refractivity contribution < 1.29 is 14.3 Å². The summed E-state index contributed by atoms with van der Waals surface area (Å²) in [5.74, 6) is 1.00. The lowest BCUT2D eigenvalue weighted by Gasteiger charge is -2.22. The number of thioether (sulfide) groups is 1. The van der Waals surface area contributed by atoms with Gasteiger partial charge in [0.05, 0.1) is 0 Å². The number of amides is 2. The third-order valence-electron chi connectivity index (χ3n) is 2.65. The smallest absolute Gasteiger partial charge is 0.408 e. The van der Waals surface area contributed by atoms with Gasteiger partial charge in [-0.05, 0) is 46.3 Å². The molecular weight excluding hydrogens is 264 g/mol. The first-order valence-corrected chi connectivity index (χ1v) is 7.71. The molecule has 5 nitrogen and oxygen atoms in total. The van der Waals surface area contributed by atoms with E-state index in [1.54, 1.807) is 27.7 Å². The molecule has 1 heterocycles. The van der Waals surface area contributed by atoms with Gasteiger partial charge >= 0.3 is 6.09 Å². The summed E-state index contributed by atoms with van der Waals surface area (Å²) >= 11 is 1.89. The monoisotopic (exact) mass is 288 g/mol. The van der Waals surface area contributed by atoms with Crippen LogP contribution in [0.15, 0.2) is 0 Å². The predicted molar refractivity (Wildman–Crippen MR) is 77.3 cm³/mol. The van der Waals surface area contributed by atoms with Gasteiger partial charge in [0.2, 0.25) is 5.91 Å². The number of hydrogen-bond acceptors (Lipinski definition) is 4. The van der Waals surface area contributed by atoms with E-state index in [-0.39, 0.29) is 5.91 Å². The first-order valence-electron chi connectivity index (χ1n) is 6.67. The van der Waals surface area contributed by atoms with Crippen molar-refractivity contribution >= 4 is 23.8 Å². The summed E-state index contributed by atoms with van der Waals surface area (Å²) in [6.45, 7) is 7.68. The number of alkyl carbamates (subject to hydrolysis) is 1. The molecule has 0 aromatic rings.